The summed E-state index contributed by atoms with van der Waals surface area (Å²) in [5, 5.41) is 3.99. The Labute approximate surface area is 111 Å². The van der Waals surface area contributed by atoms with Crippen LogP contribution in [0.15, 0.2) is 29.5 Å². The van der Waals surface area contributed by atoms with E-state index in [0.29, 0.717) is 16.5 Å². The molecular formula is C13H12Cl2NO. The van der Waals surface area contributed by atoms with Gasteiger partial charge in [0.1, 0.15) is 0 Å². The van der Waals surface area contributed by atoms with E-state index in [1.54, 1.807) is 18.2 Å². The molecule has 1 heterocycles. The molecule has 0 saturated carbocycles. The molecular weight excluding hydrogens is 257 g/mol. The molecule has 0 aromatic heterocycles. The molecule has 17 heavy (non-hydrogen) atoms. The molecule has 0 aliphatic carbocycles. The van der Waals surface area contributed by atoms with Crippen LogP contribution in [-0.4, -0.2) is 5.91 Å². The summed E-state index contributed by atoms with van der Waals surface area (Å²) in [6, 6.07) is 5.27. The minimum atomic E-state index is -0.0880. The van der Waals surface area contributed by atoms with Gasteiger partial charge in [-0.25, -0.2) is 0 Å². The van der Waals surface area contributed by atoms with Gasteiger partial charge in [-0.05, 0) is 43.2 Å². The van der Waals surface area contributed by atoms with Gasteiger partial charge in [-0.15, -0.1) is 0 Å². The summed E-state index contributed by atoms with van der Waals surface area (Å²) in [7, 11) is 0. The molecule has 4 heteroatoms. The van der Waals surface area contributed by atoms with Crippen molar-refractivity contribution in [2.45, 2.75) is 19.3 Å². The predicted octanol–water partition coefficient (Wildman–Crippen LogP) is 3.70. The summed E-state index contributed by atoms with van der Waals surface area (Å²) in [5.41, 5.74) is 2.54. The van der Waals surface area contributed by atoms with Crippen LogP contribution in [0.4, 0.5) is 0 Å². The second-order valence-corrected chi connectivity index (χ2v) is 4.96. The summed E-state index contributed by atoms with van der Waals surface area (Å²) >= 11 is 12.1. The van der Waals surface area contributed by atoms with Gasteiger partial charge in [0, 0.05) is 28.1 Å². The van der Waals surface area contributed by atoms with Crippen molar-refractivity contribution in [3.05, 3.63) is 52.0 Å². The summed E-state index contributed by atoms with van der Waals surface area (Å²) < 4.78 is 0. The fourth-order valence-corrected chi connectivity index (χ4v) is 2.42. The average molecular weight is 269 g/mol. The normalized spacial score (nSPS) is 20.5. The maximum absolute atomic E-state index is 11.5. The molecule has 2 rings (SSSR count). The lowest BCUT2D eigenvalue weighted by Gasteiger charge is -2.26. The number of halogens is 2. The Morgan fingerprint density at radius 2 is 2.12 bits per heavy atom. The number of hydrogen-bond acceptors (Lipinski definition) is 1. The van der Waals surface area contributed by atoms with Crippen molar-refractivity contribution in [2.24, 2.45) is 0 Å². The third kappa shape index (κ3) is 2.48. The van der Waals surface area contributed by atoms with E-state index in [4.69, 9.17) is 23.2 Å². The zero-order chi connectivity index (χ0) is 12.6. The number of benzene rings is 1. The Hall–Kier alpha value is -0.990. The van der Waals surface area contributed by atoms with Crippen LogP contribution in [0.3, 0.4) is 0 Å². The largest absolute Gasteiger partial charge is 0.330 e. The van der Waals surface area contributed by atoms with E-state index in [1.165, 1.54) is 0 Å². The topological polar surface area (TPSA) is 29.1 Å². The van der Waals surface area contributed by atoms with E-state index in [-0.39, 0.29) is 11.8 Å². The number of carbonyl (C=O) groups is 1. The van der Waals surface area contributed by atoms with Crippen molar-refractivity contribution in [1.29, 1.82) is 0 Å². The molecule has 1 aliphatic rings. The van der Waals surface area contributed by atoms with Gasteiger partial charge in [0.15, 0.2) is 0 Å². The smallest absolute Gasteiger partial charge is 0.225 e. The minimum Gasteiger partial charge on any atom is -0.330 e. The highest BCUT2D eigenvalue weighted by atomic mass is 35.5. The highest BCUT2D eigenvalue weighted by molar-refractivity contribution is 6.33. The van der Waals surface area contributed by atoms with Gasteiger partial charge in [-0.2, -0.15) is 0 Å². The molecule has 1 atom stereocenters. The molecule has 89 valence electrons. The lowest BCUT2D eigenvalue weighted by Crippen LogP contribution is -2.30. The maximum Gasteiger partial charge on any atom is 0.225 e. The summed E-state index contributed by atoms with van der Waals surface area (Å²) in [4.78, 5) is 11.5. The predicted molar refractivity (Wildman–Crippen MR) is 70.0 cm³/mol. The van der Waals surface area contributed by atoms with E-state index in [0.717, 1.165) is 16.8 Å². The fraction of sp³-hybridized carbons (Fsp3) is 0.231. The maximum atomic E-state index is 11.5. The van der Waals surface area contributed by atoms with Crippen molar-refractivity contribution in [3.63, 3.8) is 0 Å². The van der Waals surface area contributed by atoms with Crippen LogP contribution < -0.4 is 5.32 Å². The molecule has 0 bridgehead atoms. The quantitative estimate of drug-likeness (QED) is 0.827. The number of carbonyl (C=O) groups excluding carboxylic acids is 1. The van der Waals surface area contributed by atoms with Crippen LogP contribution >= 0.6 is 23.2 Å². The van der Waals surface area contributed by atoms with Crippen LogP contribution in [0, 0.1) is 6.92 Å². The van der Waals surface area contributed by atoms with Crippen LogP contribution in [0.1, 0.15) is 24.8 Å². The second kappa shape index (κ2) is 4.71. The summed E-state index contributed by atoms with van der Waals surface area (Å²) in [5.74, 6) is -0.106. The van der Waals surface area contributed by atoms with Crippen LogP contribution in [0.25, 0.3) is 0 Å². The highest BCUT2D eigenvalue weighted by Crippen LogP contribution is 2.37. The molecule has 1 aromatic rings. The van der Waals surface area contributed by atoms with Gasteiger partial charge in [0.2, 0.25) is 5.91 Å². The Balaban J connectivity index is 2.49. The molecule has 1 unspecified atom stereocenters. The second-order valence-electron chi connectivity index (χ2n) is 4.12. The van der Waals surface area contributed by atoms with Gasteiger partial charge in [0.05, 0.1) is 0 Å². The standard InChI is InChI=1S/C13H12Cl2NO/c1-7-8(2)16-13(17)6-10(7)11-5-9(14)3-4-12(11)15/h3-5,10H,1,6H2,2H3,(H,16,17). The minimum absolute atomic E-state index is 0.0176. The molecule has 0 fully saturated rings. The molecule has 1 aliphatic heterocycles. The Kier molecular flexibility index (Phi) is 3.45. The SMILES string of the molecule is [CH2]C1=C(C)NC(=O)CC1c1cc(Cl)ccc1Cl. The first kappa shape index (κ1) is 12.5. The van der Waals surface area contributed by atoms with E-state index < -0.39 is 0 Å². The number of hydrogen-bond donors (Lipinski definition) is 1. The summed E-state index contributed by atoms with van der Waals surface area (Å²) in [6.07, 6.45) is 0.357. The Bertz CT molecular complexity index is 508. The first-order valence-electron chi connectivity index (χ1n) is 5.26. The van der Waals surface area contributed by atoms with Crippen LogP contribution in [0.5, 0.6) is 0 Å². The summed E-state index contributed by atoms with van der Waals surface area (Å²) in [6.45, 7) is 5.84. The third-order valence-corrected chi connectivity index (χ3v) is 3.53. The number of rotatable bonds is 1. The van der Waals surface area contributed by atoms with Gasteiger partial charge in [-0.1, -0.05) is 23.2 Å². The Morgan fingerprint density at radius 1 is 1.41 bits per heavy atom. The number of allylic oxidation sites excluding steroid dienone is 2. The van der Waals surface area contributed by atoms with E-state index in [9.17, 15) is 4.79 Å². The van der Waals surface area contributed by atoms with Gasteiger partial charge in [-0.3, -0.25) is 4.79 Å². The molecule has 1 aromatic carbocycles. The fourth-order valence-electron chi connectivity index (χ4n) is 1.99. The van der Waals surface area contributed by atoms with Crippen LogP contribution in [-0.2, 0) is 4.79 Å². The van der Waals surface area contributed by atoms with Crippen molar-refractivity contribution in [1.82, 2.24) is 5.32 Å². The van der Waals surface area contributed by atoms with E-state index in [2.05, 4.69) is 12.2 Å². The number of nitrogens with one attached hydrogen (secondary N) is 1. The van der Waals surface area contributed by atoms with E-state index in [1.807, 2.05) is 6.92 Å². The zero-order valence-electron chi connectivity index (χ0n) is 9.39. The first-order chi connectivity index (χ1) is 7.99. The molecule has 0 saturated heterocycles. The first-order valence-corrected chi connectivity index (χ1v) is 6.02. The van der Waals surface area contributed by atoms with Gasteiger partial charge < -0.3 is 5.32 Å². The van der Waals surface area contributed by atoms with Crippen LogP contribution in [0.2, 0.25) is 10.0 Å². The monoisotopic (exact) mass is 268 g/mol. The van der Waals surface area contributed by atoms with Crippen molar-refractivity contribution in [2.75, 3.05) is 0 Å². The molecule has 1 amide bonds. The molecule has 0 spiro atoms. The van der Waals surface area contributed by atoms with Gasteiger partial charge in [0.25, 0.3) is 0 Å². The zero-order valence-corrected chi connectivity index (χ0v) is 10.9. The molecule has 1 N–H and O–H groups in total. The van der Waals surface area contributed by atoms with Crippen molar-refractivity contribution in [3.8, 4) is 0 Å². The van der Waals surface area contributed by atoms with Gasteiger partial charge >= 0.3 is 0 Å². The van der Waals surface area contributed by atoms with E-state index >= 15 is 0 Å². The third-order valence-electron chi connectivity index (χ3n) is 2.95. The molecule has 2 nitrogen and oxygen atoms in total. The van der Waals surface area contributed by atoms with Crippen molar-refractivity contribution < 1.29 is 4.79 Å². The van der Waals surface area contributed by atoms with Crippen molar-refractivity contribution >= 4 is 29.1 Å². The highest BCUT2D eigenvalue weighted by Gasteiger charge is 2.26. The number of amides is 1. The molecule has 1 radical (unpaired) electrons. The lowest BCUT2D eigenvalue weighted by atomic mass is 9.85. The Morgan fingerprint density at radius 3 is 2.82 bits per heavy atom. The lowest BCUT2D eigenvalue weighted by molar-refractivity contribution is -0.121. The average Bonchev–Trinajstić information content (AvgIpc) is 2.27.